The minimum absolute atomic E-state index is 0.351. The smallest absolute Gasteiger partial charge is 0.125 e. The second-order valence-electron chi connectivity index (χ2n) is 5.66. The van der Waals surface area contributed by atoms with Crippen molar-refractivity contribution in [3.05, 3.63) is 28.8 Å². The lowest BCUT2D eigenvalue weighted by molar-refractivity contribution is 0.0890. The summed E-state index contributed by atoms with van der Waals surface area (Å²) < 4.78 is 6.31. The van der Waals surface area contributed by atoms with Crippen LogP contribution >= 0.6 is 0 Å². The normalized spacial score (nSPS) is 22.8. The van der Waals surface area contributed by atoms with Crippen molar-refractivity contribution >= 4 is 0 Å². The van der Waals surface area contributed by atoms with Crippen LogP contribution in [0.2, 0.25) is 0 Å². The van der Waals surface area contributed by atoms with E-state index >= 15 is 0 Å². The molecule has 2 nitrogen and oxygen atoms in total. The second-order valence-corrected chi connectivity index (χ2v) is 5.66. The summed E-state index contributed by atoms with van der Waals surface area (Å²) in [7, 11) is 0. The fourth-order valence-corrected chi connectivity index (χ4v) is 3.15. The van der Waals surface area contributed by atoms with Crippen LogP contribution in [0.4, 0.5) is 0 Å². The van der Waals surface area contributed by atoms with Gasteiger partial charge in [0.05, 0.1) is 11.6 Å². The molecular formula is C17H23NO. The minimum atomic E-state index is 0.351. The van der Waals surface area contributed by atoms with Crippen LogP contribution in [-0.2, 0) is 0 Å². The first-order valence-electron chi connectivity index (χ1n) is 7.33. The van der Waals surface area contributed by atoms with Gasteiger partial charge in [-0.3, -0.25) is 0 Å². The van der Waals surface area contributed by atoms with Gasteiger partial charge in [-0.25, -0.2) is 0 Å². The van der Waals surface area contributed by atoms with E-state index in [0.717, 1.165) is 28.9 Å². The zero-order valence-corrected chi connectivity index (χ0v) is 12.2. The maximum Gasteiger partial charge on any atom is 0.125 e. The zero-order chi connectivity index (χ0) is 13.8. The quantitative estimate of drug-likeness (QED) is 0.797. The van der Waals surface area contributed by atoms with Gasteiger partial charge in [-0.05, 0) is 68.7 Å². The molecule has 0 aromatic heterocycles. The Morgan fingerprint density at radius 1 is 1.21 bits per heavy atom. The molecule has 0 bridgehead atoms. The van der Waals surface area contributed by atoms with Gasteiger partial charge in [0.1, 0.15) is 11.9 Å². The van der Waals surface area contributed by atoms with E-state index in [9.17, 15) is 0 Å². The van der Waals surface area contributed by atoms with Gasteiger partial charge in [0.25, 0.3) is 0 Å². The van der Waals surface area contributed by atoms with E-state index in [-0.39, 0.29) is 0 Å². The molecule has 2 unspecified atom stereocenters. The molecule has 1 aromatic carbocycles. The summed E-state index contributed by atoms with van der Waals surface area (Å²) in [6, 6.07) is 6.05. The van der Waals surface area contributed by atoms with Crippen LogP contribution in [0.25, 0.3) is 0 Å². The molecule has 0 heterocycles. The van der Waals surface area contributed by atoms with E-state index in [1.165, 1.54) is 25.7 Å². The molecule has 2 atom stereocenters. The third-order valence-corrected chi connectivity index (χ3v) is 4.22. The predicted molar refractivity (Wildman–Crippen MR) is 77.3 cm³/mol. The Labute approximate surface area is 116 Å². The highest BCUT2D eigenvalue weighted by Crippen LogP contribution is 2.33. The average molecular weight is 257 g/mol. The van der Waals surface area contributed by atoms with Crippen molar-refractivity contribution in [2.75, 3.05) is 0 Å². The van der Waals surface area contributed by atoms with Crippen molar-refractivity contribution in [3.8, 4) is 11.8 Å². The summed E-state index contributed by atoms with van der Waals surface area (Å²) in [5, 5.41) is 8.99. The molecule has 2 heteroatoms. The van der Waals surface area contributed by atoms with Gasteiger partial charge < -0.3 is 4.74 Å². The molecule has 1 aliphatic carbocycles. The molecule has 1 fully saturated rings. The average Bonchev–Trinajstić information content (AvgIpc) is 2.43. The topological polar surface area (TPSA) is 33.0 Å². The fraction of sp³-hybridized carbons (Fsp3) is 0.588. The van der Waals surface area contributed by atoms with Crippen LogP contribution in [0.15, 0.2) is 12.1 Å². The lowest BCUT2D eigenvalue weighted by Crippen LogP contribution is -2.30. The Balaban J connectivity index is 2.21. The Hall–Kier alpha value is -1.49. The molecule has 0 amide bonds. The van der Waals surface area contributed by atoms with Crippen molar-refractivity contribution in [3.63, 3.8) is 0 Å². The summed E-state index contributed by atoms with van der Waals surface area (Å²) in [6.07, 6.45) is 6.61. The van der Waals surface area contributed by atoms with E-state index in [1.54, 1.807) is 0 Å². The molecule has 0 aliphatic heterocycles. The largest absolute Gasteiger partial charge is 0.490 e. The maximum absolute atomic E-state index is 8.99. The van der Waals surface area contributed by atoms with Crippen molar-refractivity contribution in [2.24, 2.45) is 5.92 Å². The molecule has 19 heavy (non-hydrogen) atoms. The molecule has 0 saturated heterocycles. The Morgan fingerprint density at radius 3 is 2.42 bits per heavy atom. The van der Waals surface area contributed by atoms with Gasteiger partial charge in [0.15, 0.2) is 0 Å². The number of rotatable bonds is 3. The molecule has 1 aromatic rings. The number of ether oxygens (including phenoxy) is 1. The van der Waals surface area contributed by atoms with Gasteiger partial charge in [-0.2, -0.15) is 5.26 Å². The van der Waals surface area contributed by atoms with Crippen molar-refractivity contribution in [2.45, 2.75) is 59.0 Å². The molecule has 0 N–H and O–H groups in total. The summed E-state index contributed by atoms with van der Waals surface area (Å²) in [5.74, 6) is 1.67. The molecule has 102 valence electrons. The van der Waals surface area contributed by atoms with Crippen LogP contribution in [0, 0.1) is 31.1 Å². The highest BCUT2D eigenvalue weighted by atomic mass is 16.5. The van der Waals surface area contributed by atoms with Crippen LogP contribution < -0.4 is 4.74 Å². The van der Waals surface area contributed by atoms with Gasteiger partial charge in [0, 0.05) is 0 Å². The Kier molecular flexibility index (Phi) is 4.47. The molecule has 1 aliphatic rings. The van der Waals surface area contributed by atoms with Gasteiger partial charge >= 0.3 is 0 Å². The zero-order valence-electron chi connectivity index (χ0n) is 12.2. The van der Waals surface area contributed by atoms with Crippen LogP contribution in [0.1, 0.15) is 55.7 Å². The fourth-order valence-electron chi connectivity index (χ4n) is 3.15. The van der Waals surface area contributed by atoms with Crippen LogP contribution in [0.3, 0.4) is 0 Å². The second kappa shape index (κ2) is 6.10. The van der Waals surface area contributed by atoms with E-state index in [1.807, 2.05) is 26.0 Å². The van der Waals surface area contributed by atoms with Gasteiger partial charge in [-0.1, -0.05) is 13.3 Å². The van der Waals surface area contributed by atoms with Crippen molar-refractivity contribution in [1.82, 2.24) is 0 Å². The van der Waals surface area contributed by atoms with E-state index in [2.05, 4.69) is 13.0 Å². The monoisotopic (exact) mass is 257 g/mol. The molecular weight excluding hydrogens is 234 g/mol. The van der Waals surface area contributed by atoms with E-state index in [0.29, 0.717) is 12.0 Å². The number of benzene rings is 1. The highest BCUT2D eigenvalue weighted by molar-refractivity contribution is 5.47. The lowest BCUT2D eigenvalue weighted by Gasteiger charge is -2.32. The number of hydrogen-bond acceptors (Lipinski definition) is 2. The number of hydrogen-bond donors (Lipinski definition) is 0. The lowest BCUT2D eigenvalue weighted by atomic mass is 9.84. The standard InChI is InChI=1S/C17H23NO/c1-4-15-7-5-6-8-16(15)19-17-12(2)9-14(11-18)10-13(17)3/h9-10,15-16H,4-8H2,1-3H3. The Bertz CT molecular complexity index is 464. The number of nitriles is 1. The summed E-state index contributed by atoms with van der Waals surface area (Å²) in [4.78, 5) is 0. The number of aryl methyl sites for hydroxylation is 2. The summed E-state index contributed by atoms with van der Waals surface area (Å²) in [5.41, 5.74) is 2.88. The van der Waals surface area contributed by atoms with Crippen molar-refractivity contribution < 1.29 is 4.74 Å². The third-order valence-electron chi connectivity index (χ3n) is 4.22. The highest BCUT2D eigenvalue weighted by Gasteiger charge is 2.26. The van der Waals surface area contributed by atoms with E-state index < -0.39 is 0 Å². The first-order valence-corrected chi connectivity index (χ1v) is 7.33. The van der Waals surface area contributed by atoms with Gasteiger partial charge in [0.2, 0.25) is 0 Å². The summed E-state index contributed by atoms with van der Waals surface area (Å²) >= 11 is 0. The van der Waals surface area contributed by atoms with Crippen LogP contribution in [-0.4, -0.2) is 6.10 Å². The van der Waals surface area contributed by atoms with Gasteiger partial charge in [-0.15, -0.1) is 0 Å². The first kappa shape index (κ1) is 13.9. The predicted octanol–water partition coefficient (Wildman–Crippen LogP) is 4.52. The van der Waals surface area contributed by atoms with Crippen LogP contribution in [0.5, 0.6) is 5.75 Å². The Morgan fingerprint density at radius 2 is 1.84 bits per heavy atom. The molecule has 1 saturated carbocycles. The summed E-state index contributed by atoms with van der Waals surface area (Å²) in [6.45, 7) is 6.32. The molecule has 0 spiro atoms. The molecule has 2 rings (SSSR count). The third kappa shape index (κ3) is 3.10. The van der Waals surface area contributed by atoms with Crippen molar-refractivity contribution in [1.29, 1.82) is 5.26 Å². The van der Waals surface area contributed by atoms with E-state index in [4.69, 9.17) is 10.00 Å². The number of nitrogens with zero attached hydrogens (tertiary/aromatic N) is 1. The minimum Gasteiger partial charge on any atom is -0.490 e. The SMILES string of the molecule is CCC1CCCCC1Oc1c(C)cc(C#N)cc1C. The first-order chi connectivity index (χ1) is 9.15. The molecule has 0 radical (unpaired) electrons. The maximum atomic E-state index is 8.99.